The molecule has 2 aliphatic rings. The number of carbonyl (C=O) groups excluding carboxylic acids is 2. The average molecular weight is 568 g/mol. The highest BCUT2D eigenvalue weighted by Gasteiger charge is 2.22. The molecule has 3 N–H and O–H groups in total. The van der Waals surface area contributed by atoms with Crippen LogP contribution in [0.4, 0.5) is 17.3 Å². The predicted octanol–water partition coefficient (Wildman–Crippen LogP) is 5.99. The quantitative estimate of drug-likeness (QED) is 0.264. The summed E-state index contributed by atoms with van der Waals surface area (Å²) in [6.07, 6.45) is 7.13. The number of hydrogen-bond donors (Lipinski definition) is 3. The number of piperidine rings is 1. The first-order chi connectivity index (χ1) is 19.9. The Morgan fingerprint density at radius 3 is 2.59 bits per heavy atom. The Kier molecular flexibility index (Phi) is 7.80. The zero-order valence-electron chi connectivity index (χ0n) is 23.0. The summed E-state index contributed by atoms with van der Waals surface area (Å²) >= 11 is 1.61. The largest absolute Gasteiger partial charge is 0.393 e. The van der Waals surface area contributed by atoms with Crippen molar-refractivity contribution < 1.29 is 14.7 Å². The van der Waals surface area contributed by atoms with E-state index in [9.17, 15) is 14.7 Å². The zero-order valence-corrected chi connectivity index (χ0v) is 23.8. The molecular formula is C32H33N5O3S. The van der Waals surface area contributed by atoms with Gasteiger partial charge in [-0.2, -0.15) is 0 Å². The Hall–Kier alpha value is -4.08. The van der Waals surface area contributed by atoms with Crippen molar-refractivity contribution in [3.05, 3.63) is 87.2 Å². The maximum absolute atomic E-state index is 13.1. The number of fused-ring (bicyclic) bond motifs is 1. The van der Waals surface area contributed by atoms with Crippen molar-refractivity contribution in [1.82, 2.24) is 14.9 Å². The first-order valence-corrected chi connectivity index (χ1v) is 15.0. The molecule has 1 fully saturated rings. The van der Waals surface area contributed by atoms with Crippen LogP contribution in [-0.4, -0.2) is 51.0 Å². The first-order valence-electron chi connectivity index (χ1n) is 14.1. The third kappa shape index (κ3) is 6.01. The van der Waals surface area contributed by atoms with E-state index in [1.165, 1.54) is 23.3 Å². The summed E-state index contributed by atoms with van der Waals surface area (Å²) in [6, 6.07) is 17.0. The third-order valence-corrected chi connectivity index (χ3v) is 9.11. The van der Waals surface area contributed by atoms with Crippen LogP contribution in [0, 0.1) is 6.92 Å². The number of aliphatic hydroxyl groups excluding tert-OH is 1. The molecular weight excluding hydrogens is 534 g/mol. The predicted molar refractivity (Wildman–Crippen MR) is 162 cm³/mol. The minimum atomic E-state index is -0.317. The first kappa shape index (κ1) is 27.1. The summed E-state index contributed by atoms with van der Waals surface area (Å²) in [4.78, 5) is 38.9. The van der Waals surface area contributed by atoms with Gasteiger partial charge >= 0.3 is 0 Å². The lowest BCUT2D eigenvalue weighted by atomic mass is 9.99. The number of aliphatic hydroxyl groups is 1. The molecule has 8 nitrogen and oxygen atoms in total. The number of aromatic nitrogens is 2. The molecule has 0 saturated carbocycles. The lowest BCUT2D eigenvalue weighted by Crippen LogP contribution is -2.40. The number of aryl methyl sites for hydroxylation is 2. The molecule has 0 bridgehead atoms. The van der Waals surface area contributed by atoms with E-state index in [0.717, 1.165) is 45.9 Å². The molecule has 41 heavy (non-hydrogen) atoms. The van der Waals surface area contributed by atoms with Crippen molar-refractivity contribution in [2.24, 2.45) is 0 Å². The van der Waals surface area contributed by atoms with Crippen LogP contribution < -0.4 is 10.6 Å². The van der Waals surface area contributed by atoms with E-state index < -0.39 is 0 Å². The van der Waals surface area contributed by atoms with Crippen LogP contribution in [0.3, 0.4) is 0 Å². The van der Waals surface area contributed by atoms with E-state index in [1.807, 2.05) is 43.3 Å². The molecule has 0 atom stereocenters. The van der Waals surface area contributed by atoms with Crippen molar-refractivity contribution in [3.8, 4) is 11.3 Å². The lowest BCUT2D eigenvalue weighted by molar-refractivity contribution is 0.0546. The Morgan fingerprint density at radius 1 is 1.02 bits per heavy atom. The van der Waals surface area contributed by atoms with Crippen LogP contribution in [0.1, 0.15) is 61.7 Å². The third-order valence-electron chi connectivity index (χ3n) is 7.87. The minimum absolute atomic E-state index is 0.0252. The Morgan fingerprint density at radius 2 is 1.80 bits per heavy atom. The number of rotatable bonds is 6. The van der Waals surface area contributed by atoms with E-state index in [2.05, 4.69) is 21.7 Å². The second-order valence-electron chi connectivity index (χ2n) is 10.7. The second kappa shape index (κ2) is 11.8. The smallest absolute Gasteiger partial charge is 0.265 e. The molecule has 4 aromatic rings. The van der Waals surface area contributed by atoms with Crippen LogP contribution in [0.2, 0.25) is 0 Å². The number of nitrogens with zero attached hydrogens (tertiary/aromatic N) is 3. The maximum Gasteiger partial charge on any atom is 0.265 e. The molecule has 6 rings (SSSR count). The summed E-state index contributed by atoms with van der Waals surface area (Å²) in [5.41, 5.74) is 6.04. The van der Waals surface area contributed by atoms with Crippen molar-refractivity contribution in [2.45, 2.75) is 51.6 Å². The van der Waals surface area contributed by atoms with E-state index in [-0.39, 0.29) is 17.9 Å². The number of hydrogen-bond acceptors (Lipinski definition) is 7. The minimum Gasteiger partial charge on any atom is -0.393 e. The molecule has 0 radical (unpaired) electrons. The van der Waals surface area contributed by atoms with E-state index in [0.29, 0.717) is 37.4 Å². The molecule has 3 heterocycles. The highest BCUT2D eigenvalue weighted by atomic mass is 32.1. The highest BCUT2D eigenvalue weighted by molar-refractivity contribution is 7.14. The van der Waals surface area contributed by atoms with Gasteiger partial charge < -0.3 is 20.6 Å². The summed E-state index contributed by atoms with van der Waals surface area (Å²) in [6.45, 7) is 3.13. The van der Waals surface area contributed by atoms with Gasteiger partial charge in [0.25, 0.3) is 11.8 Å². The summed E-state index contributed by atoms with van der Waals surface area (Å²) in [7, 11) is 0. The van der Waals surface area contributed by atoms with E-state index >= 15 is 0 Å². The number of anilines is 3. The molecule has 1 aliphatic heterocycles. The fourth-order valence-corrected chi connectivity index (χ4v) is 6.63. The molecule has 2 amide bonds. The van der Waals surface area contributed by atoms with Gasteiger partial charge in [0.1, 0.15) is 0 Å². The van der Waals surface area contributed by atoms with E-state index in [1.54, 1.807) is 34.6 Å². The van der Waals surface area contributed by atoms with Crippen molar-refractivity contribution in [3.63, 3.8) is 0 Å². The number of amides is 2. The molecule has 2 aromatic carbocycles. The monoisotopic (exact) mass is 567 g/mol. The molecule has 1 saturated heterocycles. The van der Waals surface area contributed by atoms with Gasteiger partial charge in [-0.1, -0.05) is 12.1 Å². The number of carbonyl (C=O) groups is 2. The topological polar surface area (TPSA) is 107 Å². The van der Waals surface area contributed by atoms with Gasteiger partial charge in [-0.3, -0.25) is 9.59 Å². The van der Waals surface area contributed by atoms with Crippen LogP contribution in [0.15, 0.2) is 60.8 Å². The van der Waals surface area contributed by atoms with Crippen LogP contribution in [-0.2, 0) is 12.8 Å². The van der Waals surface area contributed by atoms with Gasteiger partial charge in [0.2, 0.25) is 5.95 Å². The Bertz CT molecular complexity index is 1550. The maximum atomic E-state index is 13.1. The number of thiophene rings is 1. The van der Waals surface area contributed by atoms with Gasteiger partial charge in [-0.25, -0.2) is 9.97 Å². The second-order valence-corrected chi connectivity index (χ2v) is 11.8. The van der Waals surface area contributed by atoms with E-state index in [4.69, 9.17) is 4.98 Å². The molecule has 210 valence electrons. The van der Waals surface area contributed by atoms with Crippen molar-refractivity contribution >= 4 is 40.5 Å². The normalized spacial score (nSPS) is 15.3. The molecule has 2 aromatic heterocycles. The number of likely N-dealkylation sites (tertiary alicyclic amines) is 1. The van der Waals surface area contributed by atoms with Gasteiger partial charge in [0.15, 0.2) is 0 Å². The van der Waals surface area contributed by atoms with Gasteiger partial charge in [0.05, 0.1) is 16.7 Å². The van der Waals surface area contributed by atoms with Crippen molar-refractivity contribution in [1.29, 1.82) is 0 Å². The fourth-order valence-electron chi connectivity index (χ4n) is 5.48. The molecule has 9 heteroatoms. The lowest BCUT2D eigenvalue weighted by Gasteiger charge is -2.29. The molecule has 1 aliphatic carbocycles. The standard InChI is InChI=1S/C32H33N5O3S/c1-20-25(6-4-7-26(20)35-30(39)29-19-22-5-2-3-8-28(22)41-29)27-13-16-33-32(36-27)34-23-11-9-21(10-12-23)31(40)37-17-14-24(38)15-18-37/h4,6-7,9-13,16,19,24,38H,2-3,5,8,14-15,17-18H2,1H3,(H,35,39)(H,33,34,36). The summed E-state index contributed by atoms with van der Waals surface area (Å²) < 4.78 is 0. The molecule has 0 spiro atoms. The zero-order chi connectivity index (χ0) is 28.3. The van der Waals surface area contributed by atoms with Crippen LogP contribution in [0.25, 0.3) is 11.3 Å². The Balaban J connectivity index is 1.14. The fraction of sp³-hybridized carbons (Fsp3) is 0.312. The van der Waals surface area contributed by atoms with Crippen molar-refractivity contribution in [2.75, 3.05) is 23.7 Å². The summed E-state index contributed by atoms with van der Waals surface area (Å²) in [5.74, 6) is 0.335. The molecule has 0 unspecified atom stereocenters. The highest BCUT2D eigenvalue weighted by Crippen LogP contribution is 2.32. The Labute approximate surface area is 243 Å². The van der Waals surface area contributed by atoms with Crippen LogP contribution >= 0.6 is 11.3 Å². The van der Waals surface area contributed by atoms with Crippen LogP contribution in [0.5, 0.6) is 0 Å². The van der Waals surface area contributed by atoms with Gasteiger partial charge in [0, 0.05) is 46.7 Å². The average Bonchev–Trinajstić information content (AvgIpc) is 3.44. The number of nitrogens with one attached hydrogen (secondary N) is 2. The van der Waals surface area contributed by atoms with Gasteiger partial charge in [-0.05, 0) is 99.0 Å². The summed E-state index contributed by atoms with van der Waals surface area (Å²) in [5, 5.41) is 16.0. The SMILES string of the molecule is Cc1c(NC(=O)c2cc3c(s2)CCCC3)cccc1-c1ccnc(Nc2ccc(C(=O)N3CCC(O)CC3)cc2)n1. The number of benzene rings is 2. The van der Waals surface area contributed by atoms with Gasteiger partial charge in [-0.15, -0.1) is 11.3 Å².